The molecule has 1 aliphatic heterocycles. The summed E-state index contributed by atoms with van der Waals surface area (Å²) in [7, 11) is 0. The number of hydrogen-bond acceptors (Lipinski definition) is 2. The van der Waals surface area contributed by atoms with Crippen molar-refractivity contribution in [3.05, 3.63) is 95.1 Å². The molecule has 0 radical (unpaired) electrons. The Morgan fingerprint density at radius 3 is 2.27 bits per heavy atom. The van der Waals surface area contributed by atoms with Gasteiger partial charge in [-0.15, -0.1) is 0 Å². The molecule has 0 bridgehead atoms. The maximum atomic E-state index is 11.7. The Morgan fingerprint density at radius 1 is 0.773 bits per heavy atom. The minimum atomic E-state index is -1.20. The van der Waals surface area contributed by atoms with Crippen LogP contribution in [-0.4, -0.2) is 5.11 Å². The highest BCUT2D eigenvalue weighted by atomic mass is 16.5. The Morgan fingerprint density at radius 2 is 1.45 bits per heavy atom. The third-order valence-electron chi connectivity index (χ3n) is 4.21. The zero-order chi connectivity index (χ0) is 15.2. The monoisotopic (exact) mass is 288 g/mol. The molecule has 0 fully saturated rings. The molecule has 1 atom stereocenters. The molecule has 0 aromatic heterocycles. The van der Waals surface area contributed by atoms with Crippen LogP contribution in [0.4, 0.5) is 0 Å². The topological polar surface area (TPSA) is 29.5 Å². The fraction of sp³-hybridized carbons (Fsp3) is 0.100. The Hall–Kier alpha value is -2.58. The summed E-state index contributed by atoms with van der Waals surface area (Å²) in [6.45, 7) is 2.02. The van der Waals surface area contributed by atoms with E-state index in [0.29, 0.717) is 11.5 Å². The molecule has 3 aromatic rings. The molecule has 3 aromatic carbocycles. The van der Waals surface area contributed by atoms with Crippen molar-refractivity contribution >= 4 is 0 Å². The molecule has 2 heteroatoms. The van der Waals surface area contributed by atoms with Crippen LogP contribution in [0.3, 0.4) is 0 Å². The molecule has 22 heavy (non-hydrogen) atoms. The molecule has 4 rings (SSSR count). The van der Waals surface area contributed by atoms with Gasteiger partial charge in [0.1, 0.15) is 17.1 Å². The Kier molecular flexibility index (Phi) is 2.81. The summed E-state index contributed by atoms with van der Waals surface area (Å²) in [5.74, 6) is 1.40. The average Bonchev–Trinajstić information content (AvgIpc) is 2.57. The summed E-state index contributed by atoms with van der Waals surface area (Å²) in [6.07, 6.45) is 0. The SMILES string of the molecule is Cc1ccc2c(c1)C(O)(c1ccccc1)c1ccccc1O2. The standard InChI is InChI=1S/C20H16O2/c1-14-11-12-19-17(13-14)20(21,15-7-3-2-4-8-15)16-9-5-6-10-18(16)22-19/h2-13,21H,1H3. The Bertz CT molecular complexity index is 839. The number of fused-ring (bicyclic) bond motifs is 2. The van der Waals surface area contributed by atoms with Crippen molar-refractivity contribution in [2.24, 2.45) is 0 Å². The van der Waals surface area contributed by atoms with Crippen LogP contribution in [-0.2, 0) is 5.60 Å². The van der Waals surface area contributed by atoms with Crippen molar-refractivity contribution in [2.45, 2.75) is 12.5 Å². The lowest BCUT2D eigenvalue weighted by Crippen LogP contribution is -2.32. The lowest BCUT2D eigenvalue weighted by molar-refractivity contribution is 0.112. The van der Waals surface area contributed by atoms with E-state index >= 15 is 0 Å². The van der Waals surface area contributed by atoms with Crippen molar-refractivity contribution in [3.8, 4) is 11.5 Å². The number of aryl methyl sites for hydroxylation is 1. The van der Waals surface area contributed by atoms with Crippen LogP contribution >= 0.6 is 0 Å². The van der Waals surface area contributed by atoms with Crippen LogP contribution in [0.1, 0.15) is 22.3 Å². The number of ether oxygens (including phenoxy) is 1. The van der Waals surface area contributed by atoms with E-state index in [0.717, 1.165) is 22.3 Å². The molecule has 0 amide bonds. The van der Waals surface area contributed by atoms with Crippen molar-refractivity contribution in [1.29, 1.82) is 0 Å². The number of para-hydroxylation sites is 1. The molecule has 2 nitrogen and oxygen atoms in total. The van der Waals surface area contributed by atoms with E-state index in [-0.39, 0.29) is 0 Å². The van der Waals surface area contributed by atoms with Gasteiger partial charge in [0.25, 0.3) is 0 Å². The first-order valence-corrected chi connectivity index (χ1v) is 7.36. The van der Waals surface area contributed by atoms with Crippen molar-refractivity contribution in [2.75, 3.05) is 0 Å². The lowest BCUT2D eigenvalue weighted by atomic mass is 9.78. The summed E-state index contributed by atoms with van der Waals surface area (Å²) in [6, 6.07) is 23.3. The summed E-state index contributed by atoms with van der Waals surface area (Å²) < 4.78 is 5.99. The fourth-order valence-corrected chi connectivity index (χ4v) is 3.12. The largest absolute Gasteiger partial charge is 0.457 e. The van der Waals surface area contributed by atoms with E-state index in [9.17, 15) is 5.11 Å². The molecule has 1 unspecified atom stereocenters. The van der Waals surface area contributed by atoms with Gasteiger partial charge in [-0.1, -0.05) is 60.2 Å². The highest BCUT2D eigenvalue weighted by molar-refractivity contribution is 5.61. The van der Waals surface area contributed by atoms with Crippen LogP contribution < -0.4 is 4.74 Å². The molecule has 0 spiro atoms. The van der Waals surface area contributed by atoms with Crippen LogP contribution in [0.15, 0.2) is 72.8 Å². The second-order valence-corrected chi connectivity index (χ2v) is 5.67. The van der Waals surface area contributed by atoms with E-state index in [2.05, 4.69) is 0 Å². The zero-order valence-electron chi connectivity index (χ0n) is 12.3. The van der Waals surface area contributed by atoms with Crippen LogP contribution in [0.5, 0.6) is 11.5 Å². The van der Waals surface area contributed by atoms with Crippen LogP contribution in [0, 0.1) is 6.92 Å². The molecular weight excluding hydrogens is 272 g/mol. The Balaban J connectivity index is 2.07. The molecule has 0 aliphatic carbocycles. The summed E-state index contributed by atoms with van der Waals surface area (Å²) in [5, 5.41) is 11.7. The molecular formula is C20H16O2. The lowest BCUT2D eigenvalue weighted by Gasteiger charge is -2.36. The van der Waals surface area contributed by atoms with Crippen molar-refractivity contribution in [1.82, 2.24) is 0 Å². The normalized spacial score (nSPS) is 19.0. The van der Waals surface area contributed by atoms with E-state index in [1.807, 2.05) is 79.7 Å². The van der Waals surface area contributed by atoms with Gasteiger partial charge >= 0.3 is 0 Å². The molecule has 1 heterocycles. The first kappa shape index (κ1) is 13.1. The molecule has 1 N–H and O–H groups in total. The second kappa shape index (κ2) is 4.72. The van der Waals surface area contributed by atoms with E-state index in [1.165, 1.54) is 0 Å². The van der Waals surface area contributed by atoms with Gasteiger partial charge in [-0.05, 0) is 30.7 Å². The molecule has 0 saturated heterocycles. The predicted octanol–water partition coefficient (Wildman–Crippen LogP) is 4.38. The minimum Gasteiger partial charge on any atom is -0.457 e. The van der Waals surface area contributed by atoms with Gasteiger partial charge < -0.3 is 9.84 Å². The third-order valence-corrected chi connectivity index (χ3v) is 4.21. The smallest absolute Gasteiger partial charge is 0.147 e. The second-order valence-electron chi connectivity index (χ2n) is 5.67. The summed E-state index contributed by atoms with van der Waals surface area (Å²) in [5.41, 5.74) is 2.31. The summed E-state index contributed by atoms with van der Waals surface area (Å²) >= 11 is 0. The number of benzene rings is 3. The van der Waals surface area contributed by atoms with E-state index in [4.69, 9.17) is 4.74 Å². The highest BCUT2D eigenvalue weighted by Crippen LogP contribution is 2.50. The number of aliphatic hydroxyl groups is 1. The van der Waals surface area contributed by atoms with E-state index < -0.39 is 5.60 Å². The van der Waals surface area contributed by atoms with Crippen molar-refractivity contribution in [3.63, 3.8) is 0 Å². The van der Waals surface area contributed by atoms with Gasteiger partial charge in [-0.2, -0.15) is 0 Å². The quantitative estimate of drug-likeness (QED) is 0.720. The van der Waals surface area contributed by atoms with Crippen LogP contribution in [0.2, 0.25) is 0 Å². The van der Waals surface area contributed by atoms with E-state index in [1.54, 1.807) is 0 Å². The maximum absolute atomic E-state index is 11.7. The predicted molar refractivity (Wildman–Crippen MR) is 86.2 cm³/mol. The maximum Gasteiger partial charge on any atom is 0.147 e. The van der Waals surface area contributed by atoms with Gasteiger partial charge in [-0.3, -0.25) is 0 Å². The van der Waals surface area contributed by atoms with Crippen LogP contribution in [0.25, 0.3) is 0 Å². The van der Waals surface area contributed by atoms with Gasteiger partial charge in [0.05, 0.1) is 0 Å². The minimum absolute atomic E-state index is 0.699. The van der Waals surface area contributed by atoms with Gasteiger partial charge in [-0.25, -0.2) is 0 Å². The molecule has 1 aliphatic rings. The van der Waals surface area contributed by atoms with Gasteiger partial charge in [0.2, 0.25) is 0 Å². The first-order chi connectivity index (χ1) is 10.7. The number of hydrogen-bond donors (Lipinski definition) is 1. The van der Waals surface area contributed by atoms with Crippen molar-refractivity contribution < 1.29 is 9.84 Å². The zero-order valence-corrected chi connectivity index (χ0v) is 12.3. The van der Waals surface area contributed by atoms with Gasteiger partial charge in [0.15, 0.2) is 0 Å². The average molecular weight is 288 g/mol. The fourth-order valence-electron chi connectivity index (χ4n) is 3.12. The Labute approximate surface area is 129 Å². The molecule has 108 valence electrons. The highest BCUT2D eigenvalue weighted by Gasteiger charge is 2.41. The third kappa shape index (κ3) is 1.78. The molecule has 0 saturated carbocycles. The summed E-state index contributed by atoms with van der Waals surface area (Å²) in [4.78, 5) is 0. The van der Waals surface area contributed by atoms with Gasteiger partial charge in [0, 0.05) is 11.1 Å². The first-order valence-electron chi connectivity index (χ1n) is 7.36. The number of rotatable bonds is 1.